The van der Waals surface area contributed by atoms with Crippen molar-refractivity contribution < 1.29 is 9.53 Å². The van der Waals surface area contributed by atoms with Crippen molar-refractivity contribution in [3.05, 3.63) is 0 Å². The van der Waals surface area contributed by atoms with Gasteiger partial charge < -0.3 is 9.64 Å². The fraction of sp³-hybridized carbons (Fsp3) is 0.933. The monoisotopic (exact) mass is 257 g/mol. The Labute approximate surface area is 113 Å². The summed E-state index contributed by atoms with van der Waals surface area (Å²) in [6.45, 7) is 14.6. The second-order valence-corrected chi connectivity index (χ2v) is 7.25. The average Bonchev–Trinajstić information content (AvgIpc) is 2.18. The molecule has 0 aliphatic rings. The van der Waals surface area contributed by atoms with E-state index in [9.17, 15) is 4.79 Å². The van der Waals surface area contributed by atoms with Crippen LogP contribution in [-0.2, 0) is 9.53 Å². The minimum Gasteiger partial charge on any atom is -0.380 e. The molecule has 0 N–H and O–H groups in total. The Balaban J connectivity index is 3.65. The summed E-state index contributed by atoms with van der Waals surface area (Å²) in [4.78, 5) is 13.6. The quantitative estimate of drug-likeness (QED) is 0.683. The van der Waals surface area contributed by atoms with Crippen LogP contribution in [0.4, 0.5) is 0 Å². The Morgan fingerprint density at radius 3 is 2.06 bits per heavy atom. The molecule has 0 rings (SSSR count). The Bertz CT molecular complexity index is 248. The Hall–Kier alpha value is -0.570. The number of ether oxygens (including phenoxy) is 1. The van der Waals surface area contributed by atoms with Gasteiger partial charge in [-0.15, -0.1) is 0 Å². The maximum atomic E-state index is 11.9. The predicted octanol–water partition coefficient (Wildman–Crippen LogP) is 3.33. The number of carbonyl (C=O) groups is 1. The van der Waals surface area contributed by atoms with Gasteiger partial charge in [-0.25, -0.2) is 0 Å². The average molecular weight is 257 g/mol. The molecule has 0 radical (unpaired) electrons. The van der Waals surface area contributed by atoms with Crippen LogP contribution in [0.15, 0.2) is 0 Å². The third-order valence-corrected chi connectivity index (χ3v) is 2.77. The summed E-state index contributed by atoms with van der Waals surface area (Å²) in [5.41, 5.74) is 0.0728. The van der Waals surface area contributed by atoms with Crippen LogP contribution in [0.1, 0.15) is 54.4 Å². The van der Waals surface area contributed by atoms with Crippen LogP contribution in [0.25, 0.3) is 0 Å². The Morgan fingerprint density at radius 2 is 1.61 bits per heavy atom. The summed E-state index contributed by atoms with van der Waals surface area (Å²) in [7, 11) is 1.84. The number of carbonyl (C=O) groups excluding carboxylic acids is 1. The minimum absolute atomic E-state index is 0.167. The van der Waals surface area contributed by atoms with Crippen molar-refractivity contribution >= 4 is 5.91 Å². The Morgan fingerprint density at radius 1 is 1.06 bits per heavy atom. The summed E-state index contributed by atoms with van der Waals surface area (Å²) >= 11 is 0. The molecule has 0 aromatic carbocycles. The van der Waals surface area contributed by atoms with Gasteiger partial charge in [0.05, 0.1) is 6.61 Å². The molecule has 0 bridgehead atoms. The van der Waals surface area contributed by atoms with Crippen LogP contribution in [0.5, 0.6) is 0 Å². The molecule has 0 heterocycles. The fourth-order valence-corrected chi connectivity index (χ4v) is 1.68. The van der Waals surface area contributed by atoms with Crippen LogP contribution in [0, 0.1) is 10.8 Å². The molecular weight excluding hydrogens is 226 g/mol. The van der Waals surface area contributed by atoms with Gasteiger partial charge in [0.1, 0.15) is 0 Å². The van der Waals surface area contributed by atoms with Gasteiger partial charge in [0, 0.05) is 25.6 Å². The highest BCUT2D eigenvalue weighted by molar-refractivity contribution is 5.81. The summed E-state index contributed by atoms with van der Waals surface area (Å²) in [6, 6.07) is 0. The lowest BCUT2D eigenvalue weighted by Crippen LogP contribution is -2.38. The van der Waals surface area contributed by atoms with E-state index in [2.05, 4.69) is 20.8 Å². The molecule has 0 saturated carbocycles. The molecule has 0 aromatic rings. The molecule has 3 heteroatoms. The summed E-state index contributed by atoms with van der Waals surface area (Å²) in [5.74, 6) is 0.167. The smallest absolute Gasteiger partial charge is 0.227 e. The number of hydrogen-bond acceptors (Lipinski definition) is 2. The second-order valence-electron chi connectivity index (χ2n) is 7.25. The summed E-state index contributed by atoms with van der Waals surface area (Å²) in [6.07, 6.45) is 2.25. The van der Waals surface area contributed by atoms with Crippen LogP contribution in [0.2, 0.25) is 0 Å². The van der Waals surface area contributed by atoms with E-state index < -0.39 is 0 Å². The van der Waals surface area contributed by atoms with E-state index in [0.29, 0.717) is 18.6 Å². The third kappa shape index (κ3) is 8.51. The van der Waals surface area contributed by atoms with Crippen molar-refractivity contribution in [2.24, 2.45) is 10.8 Å². The van der Waals surface area contributed by atoms with Crippen molar-refractivity contribution in [1.29, 1.82) is 0 Å². The number of hydrogen-bond donors (Lipinski definition) is 0. The molecule has 0 aromatic heterocycles. The highest BCUT2D eigenvalue weighted by Crippen LogP contribution is 2.20. The van der Waals surface area contributed by atoms with Crippen LogP contribution < -0.4 is 0 Å². The zero-order chi connectivity index (χ0) is 14.4. The summed E-state index contributed by atoms with van der Waals surface area (Å²) < 4.78 is 5.57. The first-order chi connectivity index (χ1) is 8.04. The van der Waals surface area contributed by atoms with Crippen molar-refractivity contribution in [1.82, 2.24) is 4.90 Å². The van der Waals surface area contributed by atoms with Crippen LogP contribution in [0.3, 0.4) is 0 Å². The molecule has 0 unspecified atom stereocenters. The second kappa shape index (κ2) is 7.13. The summed E-state index contributed by atoms with van der Waals surface area (Å²) in [5, 5.41) is 0. The van der Waals surface area contributed by atoms with Crippen LogP contribution in [-0.4, -0.2) is 37.6 Å². The van der Waals surface area contributed by atoms with Crippen molar-refractivity contribution in [3.8, 4) is 0 Å². The minimum atomic E-state index is -0.305. The molecule has 18 heavy (non-hydrogen) atoms. The number of rotatable bonds is 6. The van der Waals surface area contributed by atoms with E-state index in [0.717, 1.165) is 13.0 Å². The van der Waals surface area contributed by atoms with Crippen molar-refractivity contribution in [2.75, 3.05) is 26.8 Å². The highest BCUT2D eigenvalue weighted by atomic mass is 16.5. The topological polar surface area (TPSA) is 29.5 Å². The largest absolute Gasteiger partial charge is 0.380 e. The lowest BCUT2D eigenvalue weighted by atomic mass is 9.91. The predicted molar refractivity (Wildman–Crippen MR) is 76.6 cm³/mol. The van der Waals surface area contributed by atoms with Crippen LogP contribution >= 0.6 is 0 Å². The maximum absolute atomic E-state index is 11.9. The lowest BCUT2D eigenvalue weighted by Gasteiger charge is -2.26. The fourth-order valence-electron chi connectivity index (χ4n) is 1.68. The molecule has 0 aliphatic heterocycles. The van der Waals surface area contributed by atoms with Gasteiger partial charge in [-0.05, 0) is 18.3 Å². The maximum Gasteiger partial charge on any atom is 0.227 e. The molecule has 0 fully saturated rings. The highest BCUT2D eigenvalue weighted by Gasteiger charge is 2.24. The molecule has 0 saturated heterocycles. The zero-order valence-corrected chi connectivity index (χ0v) is 13.3. The molecule has 0 spiro atoms. The molecule has 0 aliphatic carbocycles. The molecule has 3 nitrogen and oxygen atoms in total. The van der Waals surface area contributed by atoms with Gasteiger partial charge in [-0.2, -0.15) is 0 Å². The molecule has 0 atom stereocenters. The van der Waals surface area contributed by atoms with Gasteiger partial charge in [-0.1, -0.05) is 41.5 Å². The first-order valence-corrected chi connectivity index (χ1v) is 6.87. The van der Waals surface area contributed by atoms with E-state index in [4.69, 9.17) is 4.74 Å². The standard InChI is InChI=1S/C15H31NO2/c1-14(2,3)9-8-11-18-12-10-16(7)13(17)15(4,5)6/h8-12H2,1-7H3. The van der Waals surface area contributed by atoms with E-state index in [-0.39, 0.29) is 11.3 Å². The van der Waals surface area contributed by atoms with Crippen molar-refractivity contribution in [3.63, 3.8) is 0 Å². The SMILES string of the molecule is CN(CCOCCCC(C)(C)C)C(=O)C(C)(C)C. The van der Waals surface area contributed by atoms with E-state index >= 15 is 0 Å². The van der Waals surface area contributed by atoms with E-state index in [1.165, 1.54) is 6.42 Å². The van der Waals surface area contributed by atoms with E-state index in [1.54, 1.807) is 4.90 Å². The first kappa shape index (κ1) is 17.4. The van der Waals surface area contributed by atoms with Gasteiger partial charge in [0.2, 0.25) is 5.91 Å². The molecule has 1 amide bonds. The Kier molecular flexibility index (Phi) is 6.90. The lowest BCUT2D eigenvalue weighted by molar-refractivity contribution is -0.138. The van der Waals surface area contributed by atoms with Gasteiger partial charge >= 0.3 is 0 Å². The van der Waals surface area contributed by atoms with E-state index in [1.807, 2.05) is 27.8 Å². The molecular formula is C15H31NO2. The number of nitrogens with zero attached hydrogens (tertiary/aromatic N) is 1. The van der Waals surface area contributed by atoms with Gasteiger partial charge in [0.15, 0.2) is 0 Å². The van der Waals surface area contributed by atoms with Gasteiger partial charge in [-0.3, -0.25) is 4.79 Å². The third-order valence-electron chi connectivity index (χ3n) is 2.77. The van der Waals surface area contributed by atoms with Crippen molar-refractivity contribution in [2.45, 2.75) is 54.4 Å². The van der Waals surface area contributed by atoms with Gasteiger partial charge in [0.25, 0.3) is 0 Å². The first-order valence-electron chi connectivity index (χ1n) is 6.87. The number of amides is 1. The zero-order valence-electron chi connectivity index (χ0n) is 13.3. The molecule has 108 valence electrons. The number of likely N-dealkylation sites (N-methyl/N-ethyl adjacent to an activating group) is 1. The normalized spacial score (nSPS) is 12.6.